The minimum Gasteiger partial charge on any atom is -0.478 e. The highest BCUT2D eigenvalue weighted by atomic mass is 79.9. The number of nitrogens with one attached hydrogen (secondary N) is 1. The molecule has 1 unspecified atom stereocenters. The molecule has 1 atom stereocenters. The second-order valence-corrected chi connectivity index (χ2v) is 5.43. The number of carbonyl (C=O) groups excluding carboxylic acids is 1. The molecule has 0 saturated heterocycles. The number of hydrogen-bond donors (Lipinski definition) is 3. The summed E-state index contributed by atoms with van der Waals surface area (Å²) in [5, 5.41) is 11.7. The topological polar surface area (TPSA) is 92.4 Å². The Morgan fingerprint density at radius 2 is 2.11 bits per heavy atom. The Hall–Kier alpha value is -1.40. The molecule has 0 heterocycles. The summed E-state index contributed by atoms with van der Waals surface area (Å²) in [5.74, 6) is -1.27. The standard InChI is InChI=1S/C13H17BrN2O3/c1-3-13(2,7-15)12(19)16-8-4-5-10(14)9(6-8)11(17)18/h4-6H,3,7,15H2,1-2H3,(H,16,19)(H,17,18). The summed E-state index contributed by atoms with van der Waals surface area (Å²) in [7, 11) is 0. The third kappa shape index (κ3) is 3.54. The lowest BCUT2D eigenvalue weighted by Crippen LogP contribution is -2.39. The molecule has 0 aliphatic rings. The third-order valence-electron chi connectivity index (χ3n) is 3.23. The van der Waals surface area contributed by atoms with E-state index in [1.54, 1.807) is 19.1 Å². The molecule has 0 spiro atoms. The van der Waals surface area contributed by atoms with Crippen LogP contribution in [0.15, 0.2) is 22.7 Å². The lowest BCUT2D eigenvalue weighted by molar-refractivity contribution is -0.124. The fraction of sp³-hybridized carbons (Fsp3) is 0.385. The van der Waals surface area contributed by atoms with Crippen LogP contribution in [0.1, 0.15) is 30.6 Å². The van der Waals surface area contributed by atoms with Crippen molar-refractivity contribution in [3.63, 3.8) is 0 Å². The minimum atomic E-state index is -1.06. The first kappa shape index (κ1) is 15.7. The normalized spacial score (nSPS) is 13.7. The Bertz CT molecular complexity index is 499. The van der Waals surface area contributed by atoms with Crippen LogP contribution >= 0.6 is 15.9 Å². The van der Waals surface area contributed by atoms with Gasteiger partial charge in [-0.2, -0.15) is 0 Å². The van der Waals surface area contributed by atoms with Gasteiger partial charge in [0.2, 0.25) is 5.91 Å². The van der Waals surface area contributed by atoms with Gasteiger partial charge in [0.15, 0.2) is 0 Å². The molecular weight excluding hydrogens is 312 g/mol. The van der Waals surface area contributed by atoms with E-state index in [1.165, 1.54) is 6.07 Å². The van der Waals surface area contributed by atoms with Gasteiger partial charge in [-0.1, -0.05) is 6.92 Å². The van der Waals surface area contributed by atoms with Crippen molar-refractivity contribution in [3.8, 4) is 0 Å². The first-order chi connectivity index (χ1) is 8.84. The van der Waals surface area contributed by atoms with E-state index in [0.29, 0.717) is 16.6 Å². The van der Waals surface area contributed by atoms with Crippen molar-refractivity contribution in [2.24, 2.45) is 11.1 Å². The summed E-state index contributed by atoms with van der Waals surface area (Å²) < 4.78 is 0.468. The summed E-state index contributed by atoms with van der Waals surface area (Å²) in [4.78, 5) is 23.1. The van der Waals surface area contributed by atoms with E-state index < -0.39 is 11.4 Å². The van der Waals surface area contributed by atoms with Crippen LogP contribution in [0.25, 0.3) is 0 Å². The van der Waals surface area contributed by atoms with Gasteiger partial charge in [-0.25, -0.2) is 4.79 Å². The van der Waals surface area contributed by atoms with Crippen LogP contribution < -0.4 is 11.1 Å². The number of carboxylic acids is 1. The molecule has 0 aliphatic carbocycles. The molecule has 0 saturated carbocycles. The molecule has 0 fully saturated rings. The molecule has 1 aromatic rings. The number of rotatable bonds is 5. The monoisotopic (exact) mass is 328 g/mol. The molecule has 1 rings (SSSR count). The molecule has 1 amide bonds. The van der Waals surface area contributed by atoms with Crippen molar-refractivity contribution in [2.45, 2.75) is 20.3 Å². The van der Waals surface area contributed by atoms with E-state index in [9.17, 15) is 9.59 Å². The van der Waals surface area contributed by atoms with Crippen LogP contribution in [0.4, 0.5) is 5.69 Å². The number of carbonyl (C=O) groups is 2. The second-order valence-electron chi connectivity index (χ2n) is 4.57. The maximum atomic E-state index is 12.1. The van der Waals surface area contributed by atoms with E-state index in [-0.39, 0.29) is 18.0 Å². The number of amides is 1. The van der Waals surface area contributed by atoms with E-state index in [0.717, 1.165) is 0 Å². The number of nitrogens with two attached hydrogens (primary N) is 1. The first-order valence-electron chi connectivity index (χ1n) is 5.88. The molecule has 4 N–H and O–H groups in total. The largest absolute Gasteiger partial charge is 0.478 e. The van der Waals surface area contributed by atoms with Crippen molar-refractivity contribution in [3.05, 3.63) is 28.2 Å². The molecule has 5 nitrogen and oxygen atoms in total. The summed E-state index contributed by atoms with van der Waals surface area (Å²) in [6.45, 7) is 3.90. The van der Waals surface area contributed by atoms with Gasteiger partial charge in [-0.3, -0.25) is 4.79 Å². The molecule has 1 aromatic carbocycles. The maximum absolute atomic E-state index is 12.1. The van der Waals surface area contributed by atoms with Crippen LogP contribution in [0.3, 0.4) is 0 Å². The summed E-state index contributed by atoms with van der Waals surface area (Å²) in [6.07, 6.45) is 0.609. The molecule has 0 radical (unpaired) electrons. The van der Waals surface area contributed by atoms with Crippen LogP contribution in [0.2, 0.25) is 0 Å². The molecule has 0 aromatic heterocycles. The van der Waals surface area contributed by atoms with Gasteiger partial charge in [-0.05, 0) is 47.5 Å². The molecule has 0 aliphatic heterocycles. The zero-order valence-corrected chi connectivity index (χ0v) is 12.5. The number of hydrogen-bond acceptors (Lipinski definition) is 3. The molecule has 19 heavy (non-hydrogen) atoms. The molecule has 6 heteroatoms. The third-order valence-corrected chi connectivity index (χ3v) is 3.93. The average molecular weight is 329 g/mol. The predicted molar refractivity (Wildman–Crippen MR) is 77.2 cm³/mol. The number of halogens is 1. The lowest BCUT2D eigenvalue weighted by atomic mass is 9.86. The number of aromatic carboxylic acids is 1. The number of anilines is 1. The van der Waals surface area contributed by atoms with E-state index in [2.05, 4.69) is 21.2 Å². The quantitative estimate of drug-likeness (QED) is 0.774. The van der Waals surface area contributed by atoms with Crippen LogP contribution in [0.5, 0.6) is 0 Å². The van der Waals surface area contributed by atoms with Crippen molar-refractivity contribution < 1.29 is 14.7 Å². The zero-order valence-electron chi connectivity index (χ0n) is 10.9. The van der Waals surface area contributed by atoms with Crippen LogP contribution in [-0.4, -0.2) is 23.5 Å². The molecule has 104 valence electrons. The highest BCUT2D eigenvalue weighted by Crippen LogP contribution is 2.25. The van der Waals surface area contributed by atoms with Gasteiger partial charge in [0.1, 0.15) is 0 Å². The Morgan fingerprint density at radius 3 is 2.58 bits per heavy atom. The van der Waals surface area contributed by atoms with Gasteiger partial charge < -0.3 is 16.2 Å². The lowest BCUT2D eigenvalue weighted by Gasteiger charge is -2.25. The van der Waals surface area contributed by atoms with Gasteiger partial charge in [0, 0.05) is 16.7 Å². The van der Waals surface area contributed by atoms with Crippen molar-refractivity contribution in [2.75, 3.05) is 11.9 Å². The van der Waals surface area contributed by atoms with Crippen LogP contribution in [0, 0.1) is 5.41 Å². The highest BCUT2D eigenvalue weighted by molar-refractivity contribution is 9.10. The fourth-order valence-corrected chi connectivity index (χ4v) is 1.86. The van der Waals surface area contributed by atoms with Gasteiger partial charge >= 0.3 is 5.97 Å². The Morgan fingerprint density at radius 1 is 1.47 bits per heavy atom. The smallest absolute Gasteiger partial charge is 0.336 e. The van der Waals surface area contributed by atoms with Crippen molar-refractivity contribution >= 4 is 33.5 Å². The van der Waals surface area contributed by atoms with E-state index in [4.69, 9.17) is 10.8 Å². The molecule has 0 bridgehead atoms. The Balaban J connectivity index is 2.98. The predicted octanol–water partition coefficient (Wildman–Crippen LogP) is 2.46. The maximum Gasteiger partial charge on any atom is 0.336 e. The Labute approximate surface area is 120 Å². The number of benzene rings is 1. The van der Waals surface area contributed by atoms with Gasteiger partial charge in [0.05, 0.1) is 11.0 Å². The zero-order chi connectivity index (χ0) is 14.6. The minimum absolute atomic E-state index is 0.101. The van der Waals surface area contributed by atoms with Gasteiger partial charge in [0.25, 0.3) is 0 Å². The van der Waals surface area contributed by atoms with E-state index in [1.807, 2.05) is 6.92 Å². The Kier molecular flexibility index (Phi) is 5.08. The van der Waals surface area contributed by atoms with Crippen LogP contribution in [-0.2, 0) is 4.79 Å². The summed E-state index contributed by atoms with van der Waals surface area (Å²) >= 11 is 3.15. The summed E-state index contributed by atoms with van der Waals surface area (Å²) in [6, 6.07) is 4.64. The SMILES string of the molecule is CCC(C)(CN)C(=O)Nc1ccc(Br)c(C(=O)O)c1. The van der Waals surface area contributed by atoms with Gasteiger partial charge in [-0.15, -0.1) is 0 Å². The first-order valence-corrected chi connectivity index (χ1v) is 6.67. The van der Waals surface area contributed by atoms with Crippen molar-refractivity contribution in [1.29, 1.82) is 0 Å². The number of carboxylic acid groups (broad SMARTS) is 1. The molecular formula is C13H17BrN2O3. The average Bonchev–Trinajstić information content (AvgIpc) is 2.39. The highest BCUT2D eigenvalue weighted by Gasteiger charge is 2.29. The van der Waals surface area contributed by atoms with E-state index >= 15 is 0 Å². The summed E-state index contributed by atoms with van der Waals surface area (Å²) in [5.41, 5.74) is 5.50. The van der Waals surface area contributed by atoms with Crippen molar-refractivity contribution in [1.82, 2.24) is 0 Å². The fourth-order valence-electron chi connectivity index (χ4n) is 1.45. The second kappa shape index (κ2) is 6.16.